The molecule has 15 heavy (non-hydrogen) atoms. The summed E-state index contributed by atoms with van der Waals surface area (Å²) in [4.78, 5) is 22.7. The van der Waals surface area contributed by atoms with Crippen molar-refractivity contribution >= 4 is 11.8 Å². The van der Waals surface area contributed by atoms with Crippen LogP contribution in [0.1, 0.15) is 33.1 Å². The van der Waals surface area contributed by atoms with Crippen molar-refractivity contribution in [1.82, 2.24) is 0 Å². The Morgan fingerprint density at radius 2 is 2.20 bits per heavy atom. The third kappa shape index (κ3) is 2.56. The fourth-order valence-corrected chi connectivity index (χ4v) is 2.18. The standard InChI is InChI=1S/C11H19NO3/c1-11(2)5-4-7(13)6-8(11)9(12)10(14)15-3/h8-9H,4-6,12H2,1-3H3. The number of carbonyl (C=O) groups excluding carboxylic acids is 2. The van der Waals surface area contributed by atoms with Gasteiger partial charge >= 0.3 is 5.97 Å². The molecule has 0 bridgehead atoms. The van der Waals surface area contributed by atoms with E-state index in [0.717, 1.165) is 6.42 Å². The van der Waals surface area contributed by atoms with Gasteiger partial charge in [-0.15, -0.1) is 0 Å². The third-order valence-corrected chi connectivity index (χ3v) is 3.41. The first kappa shape index (κ1) is 12.2. The van der Waals surface area contributed by atoms with Gasteiger partial charge in [-0.05, 0) is 17.8 Å². The Morgan fingerprint density at radius 1 is 1.60 bits per heavy atom. The molecule has 1 fully saturated rings. The van der Waals surface area contributed by atoms with Crippen LogP contribution >= 0.6 is 0 Å². The number of Topliss-reactive ketones (excluding diaryl/α,β-unsaturated/α-hetero) is 1. The zero-order valence-electron chi connectivity index (χ0n) is 9.58. The summed E-state index contributed by atoms with van der Waals surface area (Å²) < 4.78 is 4.62. The average Bonchev–Trinajstić information content (AvgIpc) is 2.19. The second-order valence-corrected chi connectivity index (χ2v) is 4.89. The van der Waals surface area contributed by atoms with E-state index in [9.17, 15) is 9.59 Å². The number of rotatable bonds is 2. The lowest BCUT2D eigenvalue weighted by Gasteiger charge is -2.40. The van der Waals surface area contributed by atoms with E-state index in [-0.39, 0.29) is 17.1 Å². The highest BCUT2D eigenvalue weighted by molar-refractivity contribution is 5.82. The second-order valence-electron chi connectivity index (χ2n) is 4.89. The monoisotopic (exact) mass is 213 g/mol. The van der Waals surface area contributed by atoms with Gasteiger partial charge in [0.1, 0.15) is 11.8 Å². The van der Waals surface area contributed by atoms with Crippen LogP contribution in [0.15, 0.2) is 0 Å². The van der Waals surface area contributed by atoms with Crippen molar-refractivity contribution in [3.8, 4) is 0 Å². The Bertz CT molecular complexity index is 273. The predicted octanol–water partition coefficient (Wildman–Crippen LogP) is 0.882. The second kappa shape index (κ2) is 4.31. The Balaban J connectivity index is 2.80. The van der Waals surface area contributed by atoms with Crippen LogP contribution in [0, 0.1) is 11.3 Å². The molecule has 1 saturated carbocycles. The van der Waals surface area contributed by atoms with Crippen LogP contribution in [-0.4, -0.2) is 24.9 Å². The molecule has 4 heteroatoms. The first-order chi connectivity index (χ1) is 6.88. The van der Waals surface area contributed by atoms with Gasteiger partial charge in [-0.3, -0.25) is 9.59 Å². The van der Waals surface area contributed by atoms with E-state index in [4.69, 9.17) is 5.73 Å². The quantitative estimate of drug-likeness (QED) is 0.691. The molecule has 0 saturated heterocycles. The first-order valence-electron chi connectivity index (χ1n) is 5.23. The summed E-state index contributed by atoms with van der Waals surface area (Å²) in [5, 5.41) is 0. The van der Waals surface area contributed by atoms with E-state index in [2.05, 4.69) is 4.74 Å². The molecule has 1 aliphatic carbocycles. The number of esters is 1. The summed E-state index contributed by atoms with van der Waals surface area (Å²) in [7, 11) is 1.32. The number of methoxy groups -OCH3 is 1. The van der Waals surface area contributed by atoms with E-state index >= 15 is 0 Å². The van der Waals surface area contributed by atoms with Crippen LogP contribution in [-0.2, 0) is 14.3 Å². The molecule has 2 unspecified atom stereocenters. The van der Waals surface area contributed by atoms with Crippen molar-refractivity contribution in [2.75, 3.05) is 7.11 Å². The Hall–Kier alpha value is -0.900. The summed E-state index contributed by atoms with van der Waals surface area (Å²) in [6.45, 7) is 4.10. The fourth-order valence-electron chi connectivity index (χ4n) is 2.18. The summed E-state index contributed by atoms with van der Waals surface area (Å²) in [5.41, 5.74) is 5.75. The summed E-state index contributed by atoms with van der Waals surface area (Å²) >= 11 is 0. The van der Waals surface area contributed by atoms with E-state index in [1.807, 2.05) is 13.8 Å². The van der Waals surface area contributed by atoms with Crippen molar-refractivity contribution in [2.24, 2.45) is 17.1 Å². The van der Waals surface area contributed by atoms with Gasteiger partial charge in [0, 0.05) is 12.8 Å². The van der Waals surface area contributed by atoms with E-state index < -0.39 is 12.0 Å². The maximum Gasteiger partial charge on any atom is 0.322 e. The van der Waals surface area contributed by atoms with Crippen LogP contribution in [0.25, 0.3) is 0 Å². The number of hydrogen-bond donors (Lipinski definition) is 1. The summed E-state index contributed by atoms with van der Waals surface area (Å²) in [6.07, 6.45) is 1.78. The minimum absolute atomic E-state index is 0.0679. The molecular formula is C11H19NO3. The lowest BCUT2D eigenvalue weighted by Crippen LogP contribution is -2.48. The molecule has 1 aliphatic rings. The number of ether oxygens (including phenoxy) is 1. The molecule has 0 amide bonds. The molecule has 0 spiro atoms. The lowest BCUT2D eigenvalue weighted by molar-refractivity contribution is -0.146. The molecule has 1 rings (SSSR count). The molecule has 2 N–H and O–H groups in total. The van der Waals surface area contributed by atoms with Crippen LogP contribution in [0.5, 0.6) is 0 Å². The molecule has 0 aromatic heterocycles. The van der Waals surface area contributed by atoms with Crippen LogP contribution in [0.3, 0.4) is 0 Å². The minimum Gasteiger partial charge on any atom is -0.468 e. The van der Waals surface area contributed by atoms with Crippen molar-refractivity contribution in [3.05, 3.63) is 0 Å². The van der Waals surface area contributed by atoms with E-state index in [1.165, 1.54) is 7.11 Å². The smallest absolute Gasteiger partial charge is 0.322 e. The topological polar surface area (TPSA) is 69.4 Å². The van der Waals surface area contributed by atoms with Crippen molar-refractivity contribution in [2.45, 2.75) is 39.2 Å². The molecule has 0 heterocycles. The summed E-state index contributed by atoms with van der Waals surface area (Å²) in [5.74, 6) is -0.340. The average molecular weight is 213 g/mol. The number of carbonyl (C=O) groups is 2. The van der Waals surface area contributed by atoms with Gasteiger partial charge in [-0.1, -0.05) is 13.8 Å². The maximum absolute atomic E-state index is 11.4. The largest absolute Gasteiger partial charge is 0.468 e. The number of hydrogen-bond acceptors (Lipinski definition) is 4. The molecule has 0 aromatic carbocycles. The zero-order valence-corrected chi connectivity index (χ0v) is 9.58. The maximum atomic E-state index is 11.4. The highest BCUT2D eigenvalue weighted by atomic mass is 16.5. The minimum atomic E-state index is -0.686. The van der Waals surface area contributed by atoms with E-state index in [0.29, 0.717) is 12.8 Å². The zero-order chi connectivity index (χ0) is 11.6. The molecule has 2 atom stereocenters. The van der Waals surface area contributed by atoms with Gasteiger partial charge in [0.25, 0.3) is 0 Å². The normalized spacial score (nSPS) is 27.2. The molecule has 4 nitrogen and oxygen atoms in total. The van der Waals surface area contributed by atoms with Crippen LogP contribution in [0.4, 0.5) is 0 Å². The Labute approximate surface area is 90.2 Å². The Morgan fingerprint density at radius 3 is 2.73 bits per heavy atom. The predicted molar refractivity (Wildman–Crippen MR) is 56.1 cm³/mol. The van der Waals surface area contributed by atoms with Crippen molar-refractivity contribution in [1.29, 1.82) is 0 Å². The first-order valence-corrected chi connectivity index (χ1v) is 5.23. The third-order valence-electron chi connectivity index (χ3n) is 3.41. The van der Waals surface area contributed by atoms with E-state index in [1.54, 1.807) is 0 Å². The van der Waals surface area contributed by atoms with Gasteiger partial charge in [-0.25, -0.2) is 0 Å². The number of ketones is 1. The van der Waals surface area contributed by atoms with Crippen molar-refractivity contribution < 1.29 is 14.3 Å². The fraction of sp³-hybridized carbons (Fsp3) is 0.818. The SMILES string of the molecule is COC(=O)C(N)C1CC(=O)CCC1(C)C. The highest BCUT2D eigenvalue weighted by Gasteiger charge is 2.41. The molecule has 0 aliphatic heterocycles. The Kier molecular flexibility index (Phi) is 3.50. The van der Waals surface area contributed by atoms with Crippen LogP contribution < -0.4 is 5.73 Å². The molecule has 86 valence electrons. The molecule has 0 aromatic rings. The highest BCUT2D eigenvalue weighted by Crippen LogP contribution is 2.40. The van der Waals surface area contributed by atoms with Gasteiger partial charge in [-0.2, -0.15) is 0 Å². The van der Waals surface area contributed by atoms with Gasteiger partial charge < -0.3 is 10.5 Å². The lowest BCUT2D eigenvalue weighted by atomic mass is 9.65. The summed E-state index contributed by atoms with van der Waals surface area (Å²) in [6, 6.07) is -0.686. The van der Waals surface area contributed by atoms with Gasteiger partial charge in [0.15, 0.2) is 0 Å². The van der Waals surface area contributed by atoms with Crippen molar-refractivity contribution in [3.63, 3.8) is 0 Å². The number of nitrogens with two attached hydrogens (primary N) is 1. The molecule has 0 radical (unpaired) electrons. The molecular weight excluding hydrogens is 194 g/mol. The van der Waals surface area contributed by atoms with Crippen LogP contribution in [0.2, 0.25) is 0 Å². The van der Waals surface area contributed by atoms with Gasteiger partial charge in [0.2, 0.25) is 0 Å². The van der Waals surface area contributed by atoms with Gasteiger partial charge in [0.05, 0.1) is 7.11 Å².